The van der Waals surface area contributed by atoms with Crippen molar-refractivity contribution < 1.29 is 9.47 Å². The normalized spacial score (nSPS) is 10.3. The van der Waals surface area contributed by atoms with Gasteiger partial charge in [0, 0.05) is 18.2 Å². The Balaban J connectivity index is 2.68. The van der Waals surface area contributed by atoms with E-state index in [1.165, 1.54) is 25.0 Å². The summed E-state index contributed by atoms with van der Waals surface area (Å²) in [5.41, 5.74) is 0.184. The lowest BCUT2D eigenvalue weighted by Gasteiger charge is -2.10. The maximum Gasteiger partial charge on any atom is 0.285 e. The van der Waals surface area contributed by atoms with Crippen molar-refractivity contribution in [3.05, 3.63) is 44.2 Å². The number of benzene rings is 1. The van der Waals surface area contributed by atoms with E-state index in [0.717, 1.165) is 0 Å². The Labute approximate surface area is 122 Å². The van der Waals surface area contributed by atoms with Crippen molar-refractivity contribution >= 4 is 27.5 Å². The van der Waals surface area contributed by atoms with E-state index in [1.807, 2.05) is 0 Å². The van der Waals surface area contributed by atoms with Crippen LogP contribution in [0.15, 0.2) is 33.5 Å². The second-order valence-corrected chi connectivity index (χ2v) is 4.84. The van der Waals surface area contributed by atoms with Gasteiger partial charge in [0.1, 0.15) is 11.5 Å². The van der Waals surface area contributed by atoms with Crippen molar-refractivity contribution in [2.75, 3.05) is 14.2 Å². The Morgan fingerprint density at radius 1 is 1.16 bits per heavy atom. The largest absolute Gasteiger partial charge is 0.497 e. The zero-order chi connectivity index (χ0) is 14.0. The topological polar surface area (TPSA) is 53.4 Å². The van der Waals surface area contributed by atoms with Crippen molar-refractivity contribution in [2.24, 2.45) is 0 Å². The maximum atomic E-state index is 12.0. The van der Waals surface area contributed by atoms with Crippen LogP contribution in [0.1, 0.15) is 0 Å². The first-order valence-corrected chi connectivity index (χ1v) is 6.41. The predicted octanol–water partition coefficient (Wildman–Crippen LogP) is 2.67. The predicted molar refractivity (Wildman–Crippen MR) is 75.6 cm³/mol. The molecule has 0 aliphatic carbocycles. The van der Waals surface area contributed by atoms with Crippen LogP contribution in [0.2, 0.25) is 5.15 Å². The lowest BCUT2D eigenvalue weighted by Crippen LogP contribution is -2.21. The summed E-state index contributed by atoms with van der Waals surface area (Å²) in [4.78, 5) is 12.0. The molecule has 0 saturated heterocycles. The van der Waals surface area contributed by atoms with Crippen LogP contribution in [0.4, 0.5) is 0 Å². The summed E-state index contributed by atoms with van der Waals surface area (Å²) >= 11 is 9.00. The Kier molecular flexibility index (Phi) is 4.11. The number of nitrogens with zero attached hydrogens (tertiary/aromatic N) is 2. The van der Waals surface area contributed by atoms with Gasteiger partial charge in [-0.2, -0.15) is 9.78 Å². The van der Waals surface area contributed by atoms with Crippen LogP contribution in [0.5, 0.6) is 11.5 Å². The van der Waals surface area contributed by atoms with Gasteiger partial charge in [0.2, 0.25) is 0 Å². The molecule has 0 amide bonds. The standard InChI is InChI=1S/C12H10BrClN2O3/c1-18-8-3-7(4-9(5-8)19-2)16-12(17)10(13)6-11(14)15-16/h3-6H,1-2H3. The van der Waals surface area contributed by atoms with Crippen LogP contribution in [-0.4, -0.2) is 24.0 Å². The molecule has 1 aromatic heterocycles. The van der Waals surface area contributed by atoms with E-state index >= 15 is 0 Å². The van der Waals surface area contributed by atoms with Gasteiger partial charge >= 0.3 is 0 Å². The molecule has 7 heteroatoms. The second-order valence-electron chi connectivity index (χ2n) is 3.60. The number of aromatic nitrogens is 2. The molecule has 0 atom stereocenters. The Morgan fingerprint density at radius 3 is 2.26 bits per heavy atom. The van der Waals surface area contributed by atoms with Gasteiger partial charge in [-0.1, -0.05) is 11.6 Å². The number of hydrogen-bond acceptors (Lipinski definition) is 4. The molecule has 0 unspecified atom stereocenters. The number of methoxy groups -OCH3 is 2. The first kappa shape index (κ1) is 13.9. The van der Waals surface area contributed by atoms with Crippen molar-refractivity contribution in [3.8, 4) is 17.2 Å². The molecule has 1 heterocycles. The Morgan fingerprint density at radius 2 is 1.74 bits per heavy atom. The molecule has 100 valence electrons. The monoisotopic (exact) mass is 344 g/mol. The first-order valence-electron chi connectivity index (χ1n) is 5.24. The number of rotatable bonds is 3. The van der Waals surface area contributed by atoms with E-state index < -0.39 is 0 Å². The van der Waals surface area contributed by atoms with Crippen molar-refractivity contribution in [1.29, 1.82) is 0 Å². The lowest BCUT2D eigenvalue weighted by atomic mass is 10.3. The average Bonchev–Trinajstić information content (AvgIpc) is 2.42. The van der Waals surface area contributed by atoms with Crippen LogP contribution in [0, 0.1) is 0 Å². The van der Waals surface area contributed by atoms with Crippen LogP contribution in [0.25, 0.3) is 5.69 Å². The molecule has 0 fully saturated rings. The van der Waals surface area contributed by atoms with Crippen LogP contribution in [0.3, 0.4) is 0 Å². The molecular weight excluding hydrogens is 336 g/mol. The highest BCUT2D eigenvalue weighted by Gasteiger charge is 2.10. The summed E-state index contributed by atoms with van der Waals surface area (Å²) in [6, 6.07) is 6.48. The molecule has 2 aromatic rings. The van der Waals surface area contributed by atoms with Gasteiger partial charge in [0.15, 0.2) is 5.15 Å². The van der Waals surface area contributed by atoms with E-state index in [-0.39, 0.29) is 10.7 Å². The van der Waals surface area contributed by atoms with Crippen molar-refractivity contribution in [3.63, 3.8) is 0 Å². The molecule has 0 spiro atoms. The number of ether oxygens (including phenoxy) is 2. The van der Waals surface area contributed by atoms with E-state index in [4.69, 9.17) is 21.1 Å². The summed E-state index contributed by atoms with van der Waals surface area (Å²) in [6.45, 7) is 0. The van der Waals surface area contributed by atoms with Crippen molar-refractivity contribution in [1.82, 2.24) is 9.78 Å². The zero-order valence-electron chi connectivity index (χ0n) is 10.2. The molecule has 0 aliphatic rings. The fourth-order valence-corrected chi connectivity index (χ4v) is 2.23. The molecule has 0 N–H and O–H groups in total. The van der Waals surface area contributed by atoms with Gasteiger partial charge in [-0.25, -0.2) is 0 Å². The van der Waals surface area contributed by atoms with Gasteiger partial charge in [-0.05, 0) is 22.0 Å². The van der Waals surface area contributed by atoms with Crippen LogP contribution >= 0.6 is 27.5 Å². The summed E-state index contributed by atoms with van der Waals surface area (Å²) in [5.74, 6) is 1.11. The molecule has 0 aliphatic heterocycles. The van der Waals surface area contributed by atoms with Gasteiger partial charge in [-0.15, -0.1) is 0 Å². The third-order valence-electron chi connectivity index (χ3n) is 2.42. The van der Waals surface area contributed by atoms with E-state index in [2.05, 4.69) is 21.0 Å². The van der Waals surface area contributed by atoms with Gasteiger partial charge < -0.3 is 9.47 Å². The highest BCUT2D eigenvalue weighted by Crippen LogP contribution is 2.24. The third kappa shape index (κ3) is 2.90. The quantitative estimate of drug-likeness (QED) is 0.858. The Bertz CT molecular complexity index is 650. The minimum Gasteiger partial charge on any atom is -0.497 e. The van der Waals surface area contributed by atoms with Crippen molar-refractivity contribution in [2.45, 2.75) is 0 Å². The first-order chi connectivity index (χ1) is 9.05. The summed E-state index contributed by atoms with van der Waals surface area (Å²) in [5, 5.41) is 4.19. The van der Waals surface area contributed by atoms with Gasteiger partial charge in [-0.3, -0.25) is 4.79 Å². The Hall–Kier alpha value is -1.53. The van der Waals surface area contributed by atoms with E-state index in [1.54, 1.807) is 18.2 Å². The molecular formula is C12H10BrClN2O3. The van der Waals surface area contributed by atoms with Gasteiger partial charge in [0.05, 0.1) is 24.4 Å². The van der Waals surface area contributed by atoms with Crippen LogP contribution < -0.4 is 15.0 Å². The van der Waals surface area contributed by atoms with E-state index in [0.29, 0.717) is 21.7 Å². The lowest BCUT2D eigenvalue weighted by molar-refractivity contribution is 0.393. The SMILES string of the molecule is COc1cc(OC)cc(-n2nc(Cl)cc(Br)c2=O)c1. The number of hydrogen-bond donors (Lipinski definition) is 0. The summed E-state index contributed by atoms with van der Waals surface area (Å²) in [7, 11) is 3.06. The molecule has 19 heavy (non-hydrogen) atoms. The fraction of sp³-hybridized carbons (Fsp3) is 0.167. The highest BCUT2D eigenvalue weighted by atomic mass is 79.9. The summed E-state index contributed by atoms with van der Waals surface area (Å²) < 4.78 is 11.8. The second kappa shape index (κ2) is 5.63. The fourth-order valence-electron chi connectivity index (χ4n) is 1.53. The summed E-state index contributed by atoms with van der Waals surface area (Å²) in [6.07, 6.45) is 0. The minimum atomic E-state index is -0.320. The minimum absolute atomic E-state index is 0.202. The maximum absolute atomic E-state index is 12.0. The third-order valence-corrected chi connectivity index (χ3v) is 3.17. The molecule has 5 nitrogen and oxygen atoms in total. The molecule has 2 rings (SSSR count). The van der Waals surface area contributed by atoms with Gasteiger partial charge in [0.25, 0.3) is 5.56 Å². The average molecular weight is 346 g/mol. The van der Waals surface area contributed by atoms with Crippen LogP contribution in [-0.2, 0) is 0 Å². The highest BCUT2D eigenvalue weighted by molar-refractivity contribution is 9.10. The number of halogens is 2. The molecule has 0 radical (unpaired) electrons. The smallest absolute Gasteiger partial charge is 0.285 e. The van der Waals surface area contributed by atoms with E-state index in [9.17, 15) is 4.79 Å². The zero-order valence-corrected chi connectivity index (χ0v) is 12.5. The molecule has 0 saturated carbocycles. The molecule has 0 bridgehead atoms. The molecule has 1 aromatic carbocycles.